The van der Waals surface area contributed by atoms with Crippen LogP contribution in [0.4, 0.5) is 5.82 Å². The van der Waals surface area contributed by atoms with E-state index >= 15 is 0 Å². The molecule has 18 heavy (non-hydrogen) atoms. The van der Waals surface area contributed by atoms with E-state index in [9.17, 15) is 4.79 Å². The number of aromatic nitrogens is 2. The topological polar surface area (TPSA) is 80.9 Å². The van der Waals surface area contributed by atoms with Crippen molar-refractivity contribution in [2.24, 2.45) is 0 Å². The Balaban J connectivity index is 2.03. The second-order valence-corrected chi connectivity index (χ2v) is 3.95. The van der Waals surface area contributed by atoms with Crippen LogP contribution in [0.1, 0.15) is 21.5 Å². The summed E-state index contributed by atoms with van der Waals surface area (Å²) in [6, 6.07) is 5.08. The van der Waals surface area contributed by atoms with E-state index in [2.05, 4.69) is 15.3 Å². The van der Waals surface area contributed by atoms with E-state index in [0.717, 1.165) is 11.1 Å². The summed E-state index contributed by atoms with van der Waals surface area (Å²) >= 11 is 0. The molecule has 0 saturated carbocycles. The number of pyridine rings is 2. The number of nitrogens with two attached hydrogens (primary N) is 1. The van der Waals surface area contributed by atoms with Gasteiger partial charge < -0.3 is 11.1 Å². The molecule has 1 amide bonds. The molecule has 2 heterocycles. The Kier molecular flexibility index (Phi) is 3.52. The number of anilines is 1. The Morgan fingerprint density at radius 3 is 2.94 bits per heavy atom. The van der Waals surface area contributed by atoms with E-state index in [1.807, 2.05) is 13.0 Å². The first kappa shape index (κ1) is 12.0. The SMILES string of the molecule is Cc1ccncc1CNC(=O)c1ccnc(N)c1. The van der Waals surface area contributed by atoms with Gasteiger partial charge in [-0.2, -0.15) is 0 Å². The van der Waals surface area contributed by atoms with Gasteiger partial charge in [0.2, 0.25) is 0 Å². The van der Waals surface area contributed by atoms with Gasteiger partial charge in [-0.15, -0.1) is 0 Å². The first-order valence-electron chi connectivity index (χ1n) is 5.56. The van der Waals surface area contributed by atoms with Crippen molar-refractivity contribution in [1.82, 2.24) is 15.3 Å². The van der Waals surface area contributed by atoms with Crippen LogP contribution in [0.2, 0.25) is 0 Å². The molecule has 0 radical (unpaired) electrons. The van der Waals surface area contributed by atoms with Crippen molar-refractivity contribution < 1.29 is 4.79 Å². The Hall–Kier alpha value is -2.43. The van der Waals surface area contributed by atoms with Gasteiger partial charge in [-0.3, -0.25) is 9.78 Å². The van der Waals surface area contributed by atoms with Crippen molar-refractivity contribution in [3.63, 3.8) is 0 Å². The first-order valence-corrected chi connectivity index (χ1v) is 5.56. The van der Waals surface area contributed by atoms with Crippen LogP contribution in [0.3, 0.4) is 0 Å². The van der Waals surface area contributed by atoms with Crippen LogP contribution in [0.15, 0.2) is 36.8 Å². The average Bonchev–Trinajstić information content (AvgIpc) is 2.37. The molecule has 0 aliphatic rings. The average molecular weight is 242 g/mol. The van der Waals surface area contributed by atoms with Gasteiger partial charge in [0, 0.05) is 30.7 Å². The molecule has 92 valence electrons. The van der Waals surface area contributed by atoms with Crippen LogP contribution >= 0.6 is 0 Å². The van der Waals surface area contributed by atoms with Crippen LogP contribution in [0.25, 0.3) is 0 Å². The molecule has 5 nitrogen and oxygen atoms in total. The Bertz CT molecular complexity index is 568. The van der Waals surface area contributed by atoms with Crippen LogP contribution in [-0.4, -0.2) is 15.9 Å². The third-order valence-corrected chi connectivity index (χ3v) is 2.63. The normalized spacial score (nSPS) is 10.1. The highest BCUT2D eigenvalue weighted by Crippen LogP contribution is 2.06. The maximum Gasteiger partial charge on any atom is 0.251 e. The lowest BCUT2D eigenvalue weighted by atomic mass is 10.1. The number of aryl methyl sites for hydroxylation is 1. The molecule has 0 unspecified atom stereocenters. The van der Waals surface area contributed by atoms with E-state index in [1.165, 1.54) is 6.20 Å². The summed E-state index contributed by atoms with van der Waals surface area (Å²) in [5, 5.41) is 2.82. The molecule has 0 bridgehead atoms. The Morgan fingerprint density at radius 2 is 2.22 bits per heavy atom. The maximum absolute atomic E-state index is 11.9. The Morgan fingerprint density at radius 1 is 1.39 bits per heavy atom. The van der Waals surface area contributed by atoms with Crippen LogP contribution in [0, 0.1) is 6.92 Å². The highest BCUT2D eigenvalue weighted by atomic mass is 16.1. The summed E-state index contributed by atoms with van der Waals surface area (Å²) in [5.74, 6) is 0.160. The molecule has 2 rings (SSSR count). The van der Waals surface area contributed by atoms with Crippen molar-refractivity contribution in [3.05, 3.63) is 53.5 Å². The van der Waals surface area contributed by atoms with Crippen LogP contribution in [0.5, 0.6) is 0 Å². The van der Waals surface area contributed by atoms with Crippen molar-refractivity contribution in [1.29, 1.82) is 0 Å². The minimum absolute atomic E-state index is 0.174. The summed E-state index contributed by atoms with van der Waals surface area (Å²) < 4.78 is 0. The van der Waals surface area contributed by atoms with Crippen molar-refractivity contribution >= 4 is 11.7 Å². The molecule has 0 aliphatic heterocycles. The van der Waals surface area contributed by atoms with Gasteiger partial charge in [-0.1, -0.05) is 0 Å². The summed E-state index contributed by atoms with van der Waals surface area (Å²) in [4.78, 5) is 19.7. The lowest BCUT2D eigenvalue weighted by Gasteiger charge is -2.07. The quantitative estimate of drug-likeness (QED) is 0.850. The fourth-order valence-electron chi connectivity index (χ4n) is 1.55. The third-order valence-electron chi connectivity index (χ3n) is 2.63. The van der Waals surface area contributed by atoms with E-state index in [1.54, 1.807) is 24.5 Å². The monoisotopic (exact) mass is 242 g/mol. The number of amides is 1. The summed E-state index contributed by atoms with van der Waals surface area (Å²) in [6.45, 7) is 2.42. The zero-order chi connectivity index (χ0) is 13.0. The number of nitrogen functional groups attached to an aromatic ring is 1. The van der Waals surface area contributed by atoms with E-state index < -0.39 is 0 Å². The highest BCUT2D eigenvalue weighted by Gasteiger charge is 2.06. The molecule has 5 heteroatoms. The minimum atomic E-state index is -0.174. The Labute approximate surface area is 105 Å². The molecule has 0 atom stereocenters. The zero-order valence-electron chi connectivity index (χ0n) is 10.1. The number of nitrogens with zero attached hydrogens (tertiary/aromatic N) is 2. The second kappa shape index (κ2) is 5.27. The van der Waals surface area contributed by atoms with Gasteiger partial charge in [-0.25, -0.2) is 4.98 Å². The molecule has 0 aromatic carbocycles. The van der Waals surface area contributed by atoms with Gasteiger partial charge in [0.15, 0.2) is 0 Å². The van der Waals surface area contributed by atoms with E-state index in [0.29, 0.717) is 17.9 Å². The minimum Gasteiger partial charge on any atom is -0.384 e. The number of carbonyl (C=O) groups is 1. The zero-order valence-corrected chi connectivity index (χ0v) is 10.1. The molecule has 0 saturated heterocycles. The maximum atomic E-state index is 11.9. The first-order chi connectivity index (χ1) is 8.66. The smallest absolute Gasteiger partial charge is 0.251 e. The summed E-state index contributed by atoms with van der Waals surface area (Å²) in [5.41, 5.74) is 8.12. The largest absolute Gasteiger partial charge is 0.384 e. The number of hydrogen-bond donors (Lipinski definition) is 2. The highest BCUT2D eigenvalue weighted by molar-refractivity contribution is 5.94. The van der Waals surface area contributed by atoms with E-state index in [4.69, 9.17) is 5.73 Å². The van der Waals surface area contributed by atoms with Gasteiger partial charge in [0.25, 0.3) is 5.91 Å². The van der Waals surface area contributed by atoms with Gasteiger partial charge in [0.05, 0.1) is 0 Å². The molecule has 0 aliphatic carbocycles. The standard InChI is InChI=1S/C13H14N4O/c1-9-2-4-15-7-11(9)8-17-13(18)10-3-5-16-12(14)6-10/h2-7H,8H2,1H3,(H2,14,16)(H,17,18). The summed E-state index contributed by atoms with van der Waals surface area (Å²) in [7, 11) is 0. The van der Waals surface area contributed by atoms with Gasteiger partial charge in [0.1, 0.15) is 5.82 Å². The molecule has 0 fully saturated rings. The second-order valence-electron chi connectivity index (χ2n) is 3.95. The number of rotatable bonds is 3. The predicted octanol–water partition coefficient (Wildman–Crippen LogP) is 1.30. The molecular formula is C13H14N4O. The molecule has 0 spiro atoms. The lowest BCUT2D eigenvalue weighted by Crippen LogP contribution is -2.23. The fraction of sp³-hybridized carbons (Fsp3) is 0.154. The molecule has 2 aromatic rings. The summed E-state index contributed by atoms with van der Waals surface area (Å²) in [6.07, 6.45) is 4.99. The van der Waals surface area contributed by atoms with Gasteiger partial charge in [-0.05, 0) is 36.2 Å². The molecular weight excluding hydrogens is 228 g/mol. The van der Waals surface area contributed by atoms with Crippen LogP contribution in [-0.2, 0) is 6.54 Å². The number of carbonyl (C=O) groups excluding carboxylic acids is 1. The fourth-order valence-corrected chi connectivity index (χ4v) is 1.55. The van der Waals surface area contributed by atoms with Crippen molar-refractivity contribution in [2.75, 3.05) is 5.73 Å². The van der Waals surface area contributed by atoms with Crippen molar-refractivity contribution in [3.8, 4) is 0 Å². The van der Waals surface area contributed by atoms with E-state index in [-0.39, 0.29) is 5.91 Å². The molecule has 2 aromatic heterocycles. The lowest BCUT2D eigenvalue weighted by molar-refractivity contribution is 0.0951. The van der Waals surface area contributed by atoms with Crippen LogP contribution < -0.4 is 11.1 Å². The number of hydrogen-bond acceptors (Lipinski definition) is 4. The van der Waals surface area contributed by atoms with Gasteiger partial charge >= 0.3 is 0 Å². The molecule has 3 N–H and O–H groups in total. The third kappa shape index (κ3) is 2.82. The predicted molar refractivity (Wildman–Crippen MR) is 68.8 cm³/mol. The van der Waals surface area contributed by atoms with Crippen molar-refractivity contribution in [2.45, 2.75) is 13.5 Å². The number of nitrogens with one attached hydrogen (secondary N) is 1.